The van der Waals surface area contributed by atoms with Crippen LogP contribution in [0.15, 0.2) is 46.0 Å². The van der Waals surface area contributed by atoms with Gasteiger partial charge < -0.3 is 0 Å². The molecule has 104 valence electrons. The summed E-state index contributed by atoms with van der Waals surface area (Å²) in [6, 6.07) is 9.56. The molecule has 0 unspecified atom stereocenters. The third kappa shape index (κ3) is 3.12. The predicted octanol–water partition coefficient (Wildman–Crippen LogP) is 1.54. The van der Waals surface area contributed by atoms with Crippen molar-refractivity contribution in [2.24, 2.45) is 0 Å². The first-order valence-corrected chi connectivity index (χ1v) is 6.40. The van der Waals surface area contributed by atoms with Gasteiger partial charge in [0.05, 0.1) is 0 Å². The Labute approximate surface area is 115 Å². The zero-order valence-electron chi connectivity index (χ0n) is 11.4. The third-order valence-corrected chi connectivity index (χ3v) is 3.09. The number of Topliss-reactive ketones (excluding diaryl/α,β-unsaturated/α-hetero) is 1. The van der Waals surface area contributed by atoms with Gasteiger partial charge in [-0.3, -0.25) is 19.5 Å². The van der Waals surface area contributed by atoms with Crippen molar-refractivity contribution in [3.63, 3.8) is 0 Å². The number of rotatable bonds is 4. The fraction of sp³-hybridized carbons (Fsp3) is 0.267. The molecule has 0 bridgehead atoms. The molecule has 0 atom stereocenters. The number of hydrogen-bond acceptors (Lipinski definition) is 3. The topological polar surface area (TPSA) is 71.9 Å². The number of carbonyl (C=O) groups is 1. The Bertz CT molecular complexity index is 724. The Morgan fingerprint density at radius 3 is 2.35 bits per heavy atom. The van der Waals surface area contributed by atoms with Crippen LogP contribution in [0.2, 0.25) is 0 Å². The molecule has 2 aromatic rings. The highest BCUT2D eigenvalue weighted by atomic mass is 16.2. The van der Waals surface area contributed by atoms with E-state index in [1.165, 1.54) is 0 Å². The van der Waals surface area contributed by atoms with Crippen LogP contribution in [0.1, 0.15) is 35.7 Å². The Hall–Kier alpha value is -2.43. The van der Waals surface area contributed by atoms with Crippen LogP contribution in [-0.4, -0.2) is 15.6 Å². The van der Waals surface area contributed by atoms with Crippen molar-refractivity contribution in [2.45, 2.75) is 26.3 Å². The summed E-state index contributed by atoms with van der Waals surface area (Å²) in [4.78, 5) is 34.8. The minimum absolute atomic E-state index is 0.171. The van der Waals surface area contributed by atoms with Gasteiger partial charge in [0.25, 0.3) is 11.1 Å². The van der Waals surface area contributed by atoms with Crippen molar-refractivity contribution < 1.29 is 4.79 Å². The number of nitrogens with zero attached hydrogens (tertiary/aromatic N) is 1. The van der Waals surface area contributed by atoms with Gasteiger partial charge in [0, 0.05) is 17.7 Å². The second-order valence-electron chi connectivity index (χ2n) is 4.93. The van der Waals surface area contributed by atoms with Crippen LogP contribution in [0.3, 0.4) is 0 Å². The second kappa shape index (κ2) is 5.69. The van der Waals surface area contributed by atoms with Crippen molar-refractivity contribution in [1.29, 1.82) is 0 Å². The van der Waals surface area contributed by atoms with Gasteiger partial charge in [-0.25, -0.2) is 4.68 Å². The van der Waals surface area contributed by atoms with Gasteiger partial charge in [0.1, 0.15) is 6.54 Å². The third-order valence-electron chi connectivity index (χ3n) is 3.09. The van der Waals surface area contributed by atoms with Crippen LogP contribution >= 0.6 is 0 Å². The molecule has 5 heteroatoms. The molecule has 0 amide bonds. The van der Waals surface area contributed by atoms with E-state index >= 15 is 0 Å². The monoisotopic (exact) mass is 272 g/mol. The van der Waals surface area contributed by atoms with E-state index in [-0.39, 0.29) is 12.3 Å². The average Bonchev–Trinajstić information content (AvgIpc) is 2.43. The smallest absolute Gasteiger partial charge is 0.265 e. The van der Waals surface area contributed by atoms with Crippen LogP contribution in [0.5, 0.6) is 0 Å². The largest absolute Gasteiger partial charge is 0.292 e. The molecule has 20 heavy (non-hydrogen) atoms. The molecule has 0 aliphatic rings. The summed E-state index contributed by atoms with van der Waals surface area (Å²) in [5.74, 6) is 0.177. The number of ketones is 1. The molecule has 2 rings (SSSR count). The Morgan fingerprint density at radius 2 is 1.75 bits per heavy atom. The number of carbonyl (C=O) groups excluding carboxylic acids is 1. The summed E-state index contributed by atoms with van der Waals surface area (Å²) in [6.45, 7) is 3.98. The van der Waals surface area contributed by atoms with Crippen molar-refractivity contribution in [3.8, 4) is 0 Å². The minimum atomic E-state index is -0.410. The molecule has 0 radical (unpaired) electrons. The quantitative estimate of drug-likeness (QED) is 0.858. The highest BCUT2D eigenvalue weighted by molar-refractivity contribution is 5.95. The predicted molar refractivity (Wildman–Crippen MR) is 76.2 cm³/mol. The zero-order chi connectivity index (χ0) is 14.7. The average molecular weight is 272 g/mol. The molecule has 0 aliphatic carbocycles. The number of hydrogen-bond donors (Lipinski definition) is 1. The van der Waals surface area contributed by atoms with Crippen molar-refractivity contribution in [3.05, 3.63) is 68.2 Å². The normalized spacial score (nSPS) is 10.8. The summed E-state index contributed by atoms with van der Waals surface area (Å²) in [5.41, 5.74) is 0.849. The zero-order valence-corrected chi connectivity index (χ0v) is 11.4. The number of H-pyrrole nitrogens is 1. The lowest BCUT2D eigenvalue weighted by Gasteiger charge is -2.07. The minimum Gasteiger partial charge on any atom is -0.292 e. The Morgan fingerprint density at radius 1 is 1.10 bits per heavy atom. The number of nitrogens with one attached hydrogen (secondary N) is 1. The SMILES string of the molecule is CC(C)c1ccc(C(=O)Cn2[nH]c(=O)ccc2=O)cc1. The van der Waals surface area contributed by atoms with Crippen molar-refractivity contribution in [1.82, 2.24) is 9.78 Å². The molecule has 1 N–H and O–H groups in total. The van der Waals surface area contributed by atoms with Gasteiger partial charge in [-0.15, -0.1) is 0 Å². The molecule has 1 heterocycles. The number of aromatic nitrogens is 2. The standard InChI is InChI=1S/C15H16N2O3/c1-10(2)11-3-5-12(6-4-11)13(18)9-17-15(20)8-7-14(19)16-17/h3-8,10H,9H2,1-2H3,(H,16,19). The fourth-order valence-corrected chi connectivity index (χ4v) is 1.87. The molecule has 1 aromatic heterocycles. The molecule has 1 aromatic carbocycles. The van der Waals surface area contributed by atoms with Crippen LogP contribution in [0.25, 0.3) is 0 Å². The van der Waals surface area contributed by atoms with E-state index < -0.39 is 11.1 Å². The van der Waals surface area contributed by atoms with Gasteiger partial charge in [-0.05, 0) is 11.5 Å². The first-order valence-electron chi connectivity index (χ1n) is 6.40. The Kier molecular flexibility index (Phi) is 3.98. The van der Waals surface area contributed by atoms with Gasteiger partial charge in [-0.2, -0.15) is 0 Å². The summed E-state index contributed by atoms with van der Waals surface area (Å²) in [7, 11) is 0. The molecule has 0 spiro atoms. The van der Waals surface area contributed by atoms with E-state index in [0.29, 0.717) is 11.5 Å². The molecule has 0 saturated carbocycles. The van der Waals surface area contributed by atoms with E-state index in [9.17, 15) is 14.4 Å². The molecule has 0 saturated heterocycles. The molecular weight excluding hydrogens is 256 g/mol. The maximum atomic E-state index is 12.1. The van der Waals surface area contributed by atoms with Crippen LogP contribution in [-0.2, 0) is 6.54 Å². The summed E-state index contributed by atoms with van der Waals surface area (Å²) in [6.07, 6.45) is 0. The van der Waals surface area contributed by atoms with E-state index in [0.717, 1.165) is 22.4 Å². The van der Waals surface area contributed by atoms with Crippen LogP contribution in [0.4, 0.5) is 0 Å². The lowest BCUT2D eigenvalue weighted by molar-refractivity contribution is 0.0965. The molecule has 5 nitrogen and oxygen atoms in total. The van der Waals surface area contributed by atoms with Crippen molar-refractivity contribution >= 4 is 5.78 Å². The van der Waals surface area contributed by atoms with E-state index in [1.54, 1.807) is 12.1 Å². The first-order chi connectivity index (χ1) is 9.47. The molecule has 0 aliphatic heterocycles. The molecule has 0 fully saturated rings. The maximum absolute atomic E-state index is 12.1. The summed E-state index contributed by atoms with van der Waals surface area (Å²) < 4.78 is 1.01. The van der Waals surface area contributed by atoms with Crippen LogP contribution < -0.4 is 11.1 Å². The van der Waals surface area contributed by atoms with E-state index in [1.807, 2.05) is 12.1 Å². The number of aromatic amines is 1. The van der Waals surface area contributed by atoms with Gasteiger partial charge >= 0.3 is 0 Å². The first kappa shape index (κ1) is 14.0. The maximum Gasteiger partial charge on any atom is 0.265 e. The highest BCUT2D eigenvalue weighted by Crippen LogP contribution is 2.15. The summed E-state index contributed by atoms with van der Waals surface area (Å²) >= 11 is 0. The summed E-state index contributed by atoms with van der Waals surface area (Å²) in [5, 5.41) is 2.33. The number of benzene rings is 1. The van der Waals surface area contributed by atoms with Gasteiger partial charge in [0.2, 0.25) is 0 Å². The lowest BCUT2D eigenvalue weighted by Crippen LogP contribution is -2.30. The Balaban J connectivity index is 2.22. The van der Waals surface area contributed by atoms with Crippen LogP contribution in [0, 0.1) is 0 Å². The highest BCUT2D eigenvalue weighted by Gasteiger charge is 2.09. The van der Waals surface area contributed by atoms with Gasteiger partial charge in [-0.1, -0.05) is 38.1 Å². The van der Waals surface area contributed by atoms with Crippen molar-refractivity contribution in [2.75, 3.05) is 0 Å². The second-order valence-corrected chi connectivity index (χ2v) is 4.93. The van der Waals surface area contributed by atoms with Gasteiger partial charge in [0.15, 0.2) is 5.78 Å². The van der Waals surface area contributed by atoms with E-state index in [4.69, 9.17) is 0 Å². The fourth-order valence-electron chi connectivity index (χ4n) is 1.87. The van der Waals surface area contributed by atoms with E-state index in [2.05, 4.69) is 18.9 Å². The lowest BCUT2D eigenvalue weighted by atomic mass is 10.0. The molecular formula is C15H16N2O3.